The Morgan fingerprint density at radius 2 is 0.949 bits per heavy atom. The van der Waals surface area contributed by atoms with Crippen molar-refractivity contribution in [1.82, 2.24) is 9.55 Å². The van der Waals surface area contributed by atoms with E-state index >= 15 is 0 Å². The van der Waals surface area contributed by atoms with Gasteiger partial charge in [0.15, 0.2) is 0 Å². The Hall–Kier alpha value is -4.95. The lowest BCUT2D eigenvalue weighted by atomic mass is 9.95. The first-order valence-corrected chi connectivity index (χ1v) is 13.5. The molecule has 0 spiro atoms. The Morgan fingerprint density at radius 1 is 0.462 bits per heavy atom. The number of rotatable bonds is 2. The van der Waals surface area contributed by atoms with E-state index in [1.54, 1.807) is 0 Å². The molecule has 184 valence electrons. The monoisotopic (exact) mass is 498 g/mol. The molecule has 6 aromatic carbocycles. The summed E-state index contributed by atoms with van der Waals surface area (Å²) in [5.41, 5.74) is 9.37. The molecule has 0 atom stereocenters. The fourth-order valence-corrected chi connectivity index (χ4v) is 6.41. The Morgan fingerprint density at radius 3 is 1.56 bits per heavy atom. The Labute approximate surface area is 226 Å². The van der Waals surface area contributed by atoms with Crippen LogP contribution in [0.4, 0.5) is 0 Å². The van der Waals surface area contributed by atoms with Crippen LogP contribution < -0.4 is 0 Å². The summed E-state index contributed by atoms with van der Waals surface area (Å²) in [5, 5.41) is 8.74. The number of benzene rings is 6. The molecule has 2 nitrogen and oxygen atoms in total. The van der Waals surface area contributed by atoms with Crippen molar-refractivity contribution in [3.05, 3.63) is 132 Å². The van der Waals surface area contributed by atoms with Crippen LogP contribution in [-0.2, 0) is 0 Å². The van der Waals surface area contributed by atoms with Gasteiger partial charge in [-0.1, -0.05) is 84.9 Å². The molecule has 0 saturated carbocycles. The second kappa shape index (κ2) is 8.28. The second-order valence-electron chi connectivity index (χ2n) is 10.5. The van der Waals surface area contributed by atoms with Crippen molar-refractivity contribution in [2.45, 2.75) is 13.8 Å². The van der Waals surface area contributed by atoms with Crippen LogP contribution in [0.1, 0.15) is 11.1 Å². The largest absolute Gasteiger partial charge is 0.309 e. The van der Waals surface area contributed by atoms with Gasteiger partial charge in [0.2, 0.25) is 0 Å². The van der Waals surface area contributed by atoms with Crippen molar-refractivity contribution in [2.75, 3.05) is 0 Å². The minimum atomic E-state index is 1.01. The van der Waals surface area contributed by atoms with Crippen LogP contribution in [0.2, 0.25) is 0 Å². The molecule has 0 N–H and O–H groups in total. The lowest BCUT2D eigenvalue weighted by Gasteiger charge is -2.16. The van der Waals surface area contributed by atoms with E-state index in [1.165, 1.54) is 71.1 Å². The molecule has 0 aliphatic carbocycles. The summed E-state index contributed by atoms with van der Waals surface area (Å²) >= 11 is 0. The van der Waals surface area contributed by atoms with Gasteiger partial charge in [0.05, 0.1) is 22.2 Å². The van der Waals surface area contributed by atoms with E-state index < -0.39 is 0 Å². The number of fused-ring (bicyclic) bond motifs is 9. The van der Waals surface area contributed by atoms with Crippen LogP contribution in [0.3, 0.4) is 0 Å². The van der Waals surface area contributed by atoms with Crippen molar-refractivity contribution in [3.8, 4) is 16.9 Å². The Bertz CT molecular complexity index is 2160. The number of pyridine rings is 1. The lowest BCUT2D eigenvalue weighted by Crippen LogP contribution is -2.00. The van der Waals surface area contributed by atoms with E-state index in [0.717, 1.165) is 11.2 Å². The first-order valence-electron chi connectivity index (χ1n) is 13.5. The number of aryl methyl sites for hydroxylation is 2. The van der Waals surface area contributed by atoms with Gasteiger partial charge in [-0.15, -0.1) is 0 Å². The maximum Gasteiger partial charge on any atom is 0.0794 e. The van der Waals surface area contributed by atoms with Gasteiger partial charge in [-0.05, 0) is 77.5 Å². The summed E-state index contributed by atoms with van der Waals surface area (Å²) in [4.78, 5) is 5.31. The molecular formula is C37H26N2. The molecule has 0 fully saturated rings. The van der Waals surface area contributed by atoms with Crippen molar-refractivity contribution < 1.29 is 0 Å². The van der Waals surface area contributed by atoms with E-state index in [-0.39, 0.29) is 0 Å². The average molecular weight is 499 g/mol. The molecule has 0 amide bonds. The quantitative estimate of drug-likeness (QED) is 0.217. The van der Waals surface area contributed by atoms with Gasteiger partial charge >= 0.3 is 0 Å². The Kier molecular flexibility index (Phi) is 4.68. The highest BCUT2D eigenvalue weighted by Crippen LogP contribution is 2.38. The highest BCUT2D eigenvalue weighted by molar-refractivity contribution is 6.24. The van der Waals surface area contributed by atoms with Crippen LogP contribution >= 0.6 is 0 Å². The Balaban J connectivity index is 1.37. The maximum atomic E-state index is 5.31. The van der Waals surface area contributed by atoms with Crippen LogP contribution in [-0.4, -0.2) is 9.55 Å². The minimum Gasteiger partial charge on any atom is -0.309 e. The normalized spacial score (nSPS) is 11.8. The van der Waals surface area contributed by atoms with Gasteiger partial charge in [-0.3, -0.25) is 0 Å². The lowest BCUT2D eigenvalue weighted by molar-refractivity contribution is 1.14. The van der Waals surface area contributed by atoms with Crippen LogP contribution in [0, 0.1) is 13.8 Å². The molecule has 8 rings (SSSR count). The van der Waals surface area contributed by atoms with Crippen LogP contribution in [0.5, 0.6) is 0 Å². The standard InChI is InChI=1S/C37H26N2/c1-23-22-36(39-34-17-9-7-14-28(34)29-15-8-10-18-35(29)39)24(2)21-32(23)33-20-19-31-27-13-4-3-11-25(27)26-12-5-6-16-30(26)37(31)38-33/h3-22H,1-2H3. The smallest absolute Gasteiger partial charge is 0.0794 e. The number of para-hydroxylation sites is 2. The minimum absolute atomic E-state index is 1.01. The van der Waals surface area contributed by atoms with Crippen molar-refractivity contribution in [1.29, 1.82) is 0 Å². The third kappa shape index (κ3) is 3.18. The molecule has 0 aliphatic heterocycles. The summed E-state index contributed by atoms with van der Waals surface area (Å²) in [5.74, 6) is 0. The first kappa shape index (κ1) is 22.1. The summed E-state index contributed by atoms with van der Waals surface area (Å²) < 4.78 is 2.41. The van der Waals surface area contributed by atoms with Crippen LogP contribution in [0.25, 0.3) is 71.2 Å². The zero-order valence-corrected chi connectivity index (χ0v) is 21.9. The zero-order chi connectivity index (χ0) is 26.1. The van der Waals surface area contributed by atoms with Crippen molar-refractivity contribution in [3.63, 3.8) is 0 Å². The number of hydrogen-bond donors (Lipinski definition) is 0. The van der Waals surface area contributed by atoms with Gasteiger partial charge in [-0.2, -0.15) is 0 Å². The second-order valence-corrected chi connectivity index (χ2v) is 10.5. The molecular weight excluding hydrogens is 472 g/mol. The predicted molar refractivity (Wildman–Crippen MR) is 166 cm³/mol. The molecule has 2 aromatic heterocycles. The number of nitrogens with zero attached hydrogens (tertiary/aromatic N) is 2. The molecule has 0 bridgehead atoms. The van der Waals surface area contributed by atoms with E-state index in [2.05, 4.69) is 140 Å². The molecule has 8 aromatic rings. The molecule has 0 saturated heterocycles. The van der Waals surface area contributed by atoms with Gasteiger partial charge in [0, 0.05) is 32.8 Å². The van der Waals surface area contributed by atoms with Gasteiger partial charge in [-0.25, -0.2) is 4.98 Å². The fourth-order valence-electron chi connectivity index (χ4n) is 6.41. The zero-order valence-electron chi connectivity index (χ0n) is 21.9. The molecule has 0 aliphatic rings. The highest BCUT2D eigenvalue weighted by Gasteiger charge is 2.16. The molecule has 0 unspecified atom stereocenters. The number of hydrogen-bond acceptors (Lipinski definition) is 1. The molecule has 2 heterocycles. The summed E-state index contributed by atoms with van der Waals surface area (Å²) in [7, 11) is 0. The molecule has 39 heavy (non-hydrogen) atoms. The third-order valence-corrected chi connectivity index (χ3v) is 8.22. The van der Waals surface area contributed by atoms with E-state index in [4.69, 9.17) is 4.98 Å². The van der Waals surface area contributed by atoms with Gasteiger partial charge < -0.3 is 4.57 Å². The summed E-state index contributed by atoms with van der Waals surface area (Å²) in [6.45, 7) is 4.42. The van der Waals surface area contributed by atoms with E-state index in [9.17, 15) is 0 Å². The van der Waals surface area contributed by atoms with E-state index in [0.29, 0.717) is 0 Å². The molecule has 0 radical (unpaired) electrons. The highest BCUT2D eigenvalue weighted by atomic mass is 15.0. The molecule has 2 heteroatoms. The topological polar surface area (TPSA) is 17.8 Å². The maximum absolute atomic E-state index is 5.31. The third-order valence-electron chi connectivity index (χ3n) is 8.22. The average Bonchev–Trinajstić information content (AvgIpc) is 3.32. The van der Waals surface area contributed by atoms with Gasteiger partial charge in [0.25, 0.3) is 0 Å². The first-order chi connectivity index (χ1) is 19.2. The predicted octanol–water partition coefficient (Wildman–Crippen LogP) is 9.92. The summed E-state index contributed by atoms with van der Waals surface area (Å²) in [6, 6.07) is 43.8. The SMILES string of the molecule is Cc1cc(-n2c3ccccc3c3ccccc32)c(C)cc1-c1ccc2c3ccccc3c3ccccc3c2n1. The van der Waals surface area contributed by atoms with Crippen molar-refractivity contribution in [2.24, 2.45) is 0 Å². The number of aromatic nitrogens is 2. The van der Waals surface area contributed by atoms with E-state index in [1.807, 2.05) is 0 Å². The van der Waals surface area contributed by atoms with Crippen molar-refractivity contribution >= 4 is 54.3 Å². The van der Waals surface area contributed by atoms with Crippen LogP contribution in [0.15, 0.2) is 121 Å². The van der Waals surface area contributed by atoms with Gasteiger partial charge in [0.1, 0.15) is 0 Å². The fraction of sp³-hybridized carbons (Fsp3) is 0.0541. The summed E-state index contributed by atoms with van der Waals surface area (Å²) in [6.07, 6.45) is 0.